The van der Waals surface area contributed by atoms with E-state index in [4.69, 9.17) is 4.74 Å². The van der Waals surface area contributed by atoms with E-state index in [0.717, 1.165) is 16.1 Å². The summed E-state index contributed by atoms with van der Waals surface area (Å²) in [7, 11) is -2.24. The van der Waals surface area contributed by atoms with Gasteiger partial charge in [0.1, 0.15) is 18.3 Å². The van der Waals surface area contributed by atoms with E-state index < -0.39 is 28.5 Å². The Labute approximate surface area is 196 Å². The lowest BCUT2D eigenvalue weighted by Gasteiger charge is -2.31. The highest BCUT2D eigenvalue weighted by Gasteiger charge is 2.30. The number of amides is 2. The van der Waals surface area contributed by atoms with Crippen LogP contribution >= 0.6 is 0 Å². The first-order valence-corrected chi connectivity index (χ1v) is 12.6. The molecule has 0 fully saturated rings. The zero-order chi connectivity index (χ0) is 24.6. The smallest absolute Gasteiger partial charge is 0.244 e. The number of anilines is 1. The number of carbonyl (C=O) groups excluding carboxylic acids is 2. The average molecular weight is 476 g/mol. The predicted octanol–water partition coefficient (Wildman–Crippen LogP) is 2.45. The van der Waals surface area contributed by atoms with Gasteiger partial charge in [-0.2, -0.15) is 0 Å². The molecule has 180 valence electrons. The maximum atomic E-state index is 13.4. The van der Waals surface area contributed by atoms with Gasteiger partial charge in [0.15, 0.2) is 0 Å². The van der Waals surface area contributed by atoms with E-state index in [1.807, 2.05) is 44.2 Å². The fourth-order valence-corrected chi connectivity index (χ4v) is 4.19. The molecule has 1 N–H and O–H groups in total. The van der Waals surface area contributed by atoms with Crippen molar-refractivity contribution in [3.63, 3.8) is 0 Å². The molecule has 1 atom stereocenters. The number of nitrogens with zero attached hydrogens (tertiary/aromatic N) is 2. The highest BCUT2D eigenvalue weighted by Crippen LogP contribution is 2.22. The van der Waals surface area contributed by atoms with Crippen LogP contribution in [0.3, 0.4) is 0 Å². The molecule has 0 bridgehead atoms. The Bertz CT molecular complexity index is 1020. The zero-order valence-electron chi connectivity index (χ0n) is 19.8. The van der Waals surface area contributed by atoms with Crippen molar-refractivity contribution < 1.29 is 22.7 Å². The van der Waals surface area contributed by atoms with Crippen LogP contribution in [0, 0.1) is 0 Å². The van der Waals surface area contributed by atoms with Crippen LogP contribution in [0.1, 0.15) is 26.3 Å². The quantitative estimate of drug-likeness (QED) is 0.539. The van der Waals surface area contributed by atoms with E-state index in [0.29, 0.717) is 17.9 Å². The fourth-order valence-electron chi connectivity index (χ4n) is 3.34. The number of nitrogens with one attached hydrogen (secondary N) is 1. The normalized spacial score (nSPS) is 12.2. The van der Waals surface area contributed by atoms with Gasteiger partial charge in [0, 0.05) is 12.6 Å². The molecule has 2 rings (SSSR count). The summed E-state index contributed by atoms with van der Waals surface area (Å²) in [5.74, 6) is -0.178. The first-order valence-electron chi connectivity index (χ1n) is 10.8. The molecule has 0 radical (unpaired) electrons. The van der Waals surface area contributed by atoms with E-state index >= 15 is 0 Å². The summed E-state index contributed by atoms with van der Waals surface area (Å²) >= 11 is 0. The van der Waals surface area contributed by atoms with Crippen LogP contribution in [0.25, 0.3) is 0 Å². The number of hydrogen-bond acceptors (Lipinski definition) is 5. The third-order valence-electron chi connectivity index (χ3n) is 5.12. The molecule has 2 amide bonds. The lowest BCUT2D eigenvalue weighted by molar-refractivity contribution is -0.139. The van der Waals surface area contributed by atoms with E-state index in [2.05, 4.69) is 5.32 Å². The van der Waals surface area contributed by atoms with Crippen LogP contribution in [0.5, 0.6) is 5.75 Å². The molecule has 8 nitrogen and oxygen atoms in total. The lowest BCUT2D eigenvalue weighted by Crippen LogP contribution is -2.53. The van der Waals surface area contributed by atoms with Crippen molar-refractivity contribution in [3.8, 4) is 5.75 Å². The summed E-state index contributed by atoms with van der Waals surface area (Å²) in [6.45, 7) is 5.19. The molecule has 0 spiro atoms. The molecule has 0 saturated heterocycles. The van der Waals surface area contributed by atoms with Crippen LogP contribution in [0.15, 0.2) is 54.6 Å². The second-order valence-electron chi connectivity index (χ2n) is 8.13. The summed E-state index contributed by atoms with van der Waals surface area (Å²) < 4.78 is 31.2. The topological polar surface area (TPSA) is 96.0 Å². The maximum absolute atomic E-state index is 13.4. The molecular formula is C24H33N3O5S. The Morgan fingerprint density at radius 2 is 1.61 bits per heavy atom. The minimum Gasteiger partial charge on any atom is -0.497 e. The van der Waals surface area contributed by atoms with Crippen LogP contribution < -0.4 is 14.4 Å². The van der Waals surface area contributed by atoms with Crippen LogP contribution in [0.4, 0.5) is 5.69 Å². The Morgan fingerprint density at radius 3 is 2.12 bits per heavy atom. The Morgan fingerprint density at radius 1 is 1.00 bits per heavy atom. The first-order chi connectivity index (χ1) is 15.5. The van der Waals surface area contributed by atoms with Gasteiger partial charge in [-0.1, -0.05) is 30.3 Å². The van der Waals surface area contributed by atoms with Gasteiger partial charge in [0.05, 0.1) is 19.1 Å². The Balaban J connectivity index is 2.29. The molecule has 33 heavy (non-hydrogen) atoms. The number of sulfonamides is 1. The molecule has 0 saturated carbocycles. The van der Waals surface area contributed by atoms with Gasteiger partial charge in [-0.3, -0.25) is 13.9 Å². The van der Waals surface area contributed by atoms with Gasteiger partial charge >= 0.3 is 0 Å². The summed E-state index contributed by atoms with van der Waals surface area (Å²) in [6, 6.07) is 15.2. The monoisotopic (exact) mass is 475 g/mol. The van der Waals surface area contributed by atoms with Crippen molar-refractivity contribution in [2.24, 2.45) is 0 Å². The molecule has 0 aliphatic carbocycles. The molecule has 9 heteroatoms. The van der Waals surface area contributed by atoms with Crippen molar-refractivity contribution in [1.82, 2.24) is 10.2 Å². The second kappa shape index (κ2) is 11.7. The number of hydrogen-bond donors (Lipinski definition) is 1. The number of benzene rings is 2. The third-order valence-corrected chi connectivity index (χ3v) is 6.26. The maximum Gasteiger partial charge on any atom is 0.244 e. The number of ether oxygens (including phenoxy) is 1. The predicted molar refractivity (Wildman–Crippen MR) is 130 cm³/mol. The minimum atomic E-state index is -3.75. The van der Waals surface area contributed by atoms with Crippen LogP contribution in [-0.4, -0.2) is 63.7 Å². The first kappa shape index (κ1) is 26.2. The van der Waals surface area contributed by atoms with E-state index in [1.54, 1.807) is 31.2 Å². The standard InChI is InChI=1S/C24H33N3O5S/c1-18(2)25-24(29)19(3)26(16-15-20-9-7-6-8-10-20)23(28)17-27(33(5,30)31)21-11-13-22(32-4)14-12-21/h6-14,18-19H,15-17H2,1-5H3,(H,25,29)/t19-/m1/s1. The van der Waals surface area contributed by atoms with Crippen LogP contribution in [0.2, 0.25) is 0 Å². The highest BCUT2D eigenvalue weighted by atomic mass is 32.2. The molecule has 0 aliphatic rings. The van der Waals surface area contributed by atoms with E-state index in [9.17, 15) is 18.0 Å². The Kier molecular flexibility index (Phi) is 9.28. The minimum absolute atomic E-state index is 0.0853. The average Bonchev–Trinajstić information content (AvgIpc) is 2.77. The van der Waals surface area contributed by atoms with Crippen molar-refractivity contribution in [2.75, 3.05) is 30.8 Å². The van der Waals surface area contributed by atoms with Gasteiger partial charge in [0.25, 0.3) is 0 Å². The number of methoxy groups -OCH3 is 1. The highest BCUT2D eigenvalue weighted by molar-refractivity contribution is 7.92. The van der Waals surface area contributed by atoms with Gasteiger partial charge in [-0.05, 0) is 57.0 Å². The van der Waals surface area contributed by atoms with Gasteiger partial charge < -0.3 is 15.0 Å². The van der Waals surface area contributed by atoms with E-state index in [-0.39, 0.29) is 18.5 Å². The summed E-state index contributed by atoms with van der Waals surface area (Å²) in [6.07, 6.45) is 1.58. The van der Waals surface area contributed by atoms with Crippen molar-refractivity contribution in [3.05, 3.63) is 60.2 Å². The van der Waals surface area contributed by atoms with Crippen molar-refractivity contribution >= 4 is 27.5 Å². The fraction of sp³-hybridized carbons (Fsp3) is 0.417. The Hall–Kier alpha value is -3.07. The van der Waals surface area contributed by atoms with Gasteiger partial charge in [-0.25, -0.2) is 8.42 Å². The third kappa shape index (κ3) is 7.78. The second-order valence-corrected chi connectivity index (χ2v) is 10.0. The zero-order valence-corrected chi connectivity index (χ0v) is 20.6. The summed E-state index contributed by atoms with van der Waals surface area (Å²) in [5.41, 5.74) is 1.36. The van der Waals surface area contributed by atoms with Crippen molar-refractivity contribution in [2.45, 2.75) is 39.3 Å². The largest absolute Gasteiger partial charge is 0.497 e. The van der Waals surface area contributed by atoms with Gasteiger partial charge in [-0.15, -0.1) is 0 Å². The molecular weight excluding hydrogens is 442 g/mol. The number of rotatable bonds is 11. The lowest BCUT2D eigenvalue weighted by atomic mass is 10.1. The summed E-state index contributed by atoms with van der Waals surface area (Å²) in [4.78, 5) is 27.5. The molecule has 2 aromatic rings. The van der Waals surface area contributed by atoms with E-state index in [1.165, 1.54) is 12.0 Å². The van der Waals surface area contributed by atoms with Gasteiger partial charge in [0.2, 0.25) is 21.8 Å². The molecule has 0 unspecified atom stereocenters. The molecule has 0 aliphatic heterocycles. The van der Waals surface area contributed by atoms with Crippen LogP contribution in [-0.2, 0) is 26.0 Å². The summed E-state index contributed by atoms with van der Waals surface area (Å²) in [5, 5.41) is 2.83. The number of carbonyl (C=O) groups is 2. The molecule has 0 heterocycles. The SMILES string of the molecule is COc1ccc(N(CC(=O)N(CCc2ccccc2)[C@H](C)C(=O)NC(C)C)S(C)(=O)=O)cc1. The molecule has 2 aromatic carbocycles. The van der Waals surface area contributed by atoms with Crippen molar-refractivity contribution in [1.29, 1.82) is 0 Å². The molecule has 0 aromatic heterocycles.